The van der Waals surface area contributed by atoms with Crippen molar-refractivity contribution in [3.05, 3.63) is 28.3 Å². The molecule has 0 saturated carbocycles. The number of carbonyl (C=O) groups excluding carboxylic acids is 1. The number of hydrogen-bond donors (Lipinski definition) is 1. The molecular weight excluding hydrogens is 280 g/mol. The van der Waals surface area contributed by atoms with Crippen LogP contribution in [0.5, 0.6) is 11.5 Å². The Morgan fingerprint density at radius 2 is 2.14 bits per heavy atom. The largest absolute Gasteiger partial charge is 0.496 e. The molecule has 21 heavy (non-hydrogen) atoms. The van der Waals surface area contributed by atoms with E-state index in [1.165, 1.54) is 32.2 Å². The predicted molar refractivity (Wildman–Crippen MR) is 74.4 cm³/mol. The summed E-state index contributed by atoms with van der Waals surface area (Å²) in [6.07, 6.45) is 0. The van der Waals surface area contributed by atoms with Gasteiger partial charge in [-0.25, -0.2) is 4.79 Å². The van der Waals surface area contributed by atoms with Crippen molar-refractivity contribution in [2.75, 3.05) is 20.3 Å². The molecule has 0 bridgehead atoms. The molecule has 0 fully saturated rings. The smallest absolute Gasteiger partial charge is 0.329 e. The third-order valence-corrected chi connectivity index (χ3v) is 2.63. The highest BCUT2D eigenvalue weighted by molar-refractivity contribution is 5.80. The van der Waals surface area contributed by atoms with Crippen molar-refractivity contribution in [1.82, 2.24) is 0 Å². The van der Waals surface area contributed by atoms with Crippen LogP contribution in [0.2, 0.25) is 0 Å². The van der Waals surface area contributed by atoms with E-state index in [0.717, 1.165) is 0 Å². The molecule has 1 atom stereocenters. The molecule has 1 aromatic carbocycles. The minimum atomic E-state index is -1.40. The minimum Gasteiger partial charge on any atom is -0.496 e. The molecule has 2 N–H and O–H groups in total. The SMILES string of the molecule is CCOC(=O)C(C)(N)COc1ccc(OC)cc1[N+](=O)[O-]. The number of nitro groups is 1. The van der Waals surface area contributed by atoms with E-state index in [1.54, 1.807) is 6.92 Å². The van der Waals surface area contributed by atoms with E-state index in [4.69, 9.17) is 19.9 Å². The first kappa shape index (κ1) is 16.7. The molecule has 1 rings (SSSR count). The molecule has 0 aromatic heterocycles. The zero-order chi connectivity index (χ0) is 16.0. The van der Waals surface area contributed by atoms with E-state index in [2.05, 4.69) is 0 Å². The average molecular weight is 298 g/mol. The molecule has 116 valence electrons. The number of rotatable bonds is 7. The summed E-state index contributed by atoms with van der Waals surface area (Å²) in [6.45, 7) is 3.02. The van der Waals surface area contributed by atoms with Crippen molar-refractivity contribution < 1.29 is 23.9 Å². The van der Waals surface area contributed by atoms with Crippen molar-refractivity contribution in [3.63, 3.8) is 0 Å². The first-order valence-corrected chi connectivity index (χ1v) is 6.23. The molecule has 0 spiro atoms. The van der Waals surface area contributed by atoms with Crippen LogP contribution in [0.15, 0.2) is 18.2 Å². The predicted octanol–water partition coefficient (Wildman–Crippen LogP) is 1.26. The van der Waals surface area contributed by atoms with Gasteiger partial charge in [-0.15, -0.1) is 0 Å². The van der Waals surface area contributed by atoms with Gasteiger partial charge in [0.2, 0.25) is 0 Å². The number of ether oxygens (including phenoxy) is 3. The number of nitrogens with zero attached hydrogens (tertiary/aromatic N) is 1. The van der Waals surface area contributed by atoms with Crippen molar-refractivity contribution in [2.24, 2.45) is 5.73 Å². The fraction of sp³-hybridized carbons (Fsp3) is 0.462. The Kier molecular flexibility index (Phi) is 5.48. The first-order chi connectivity index (χ1) is 9.81. The molecule has 0 heterocycles. The maximum Gasteiger partial charge on any atom is 0.329 e. The van der Waals surface area contributed by atoms with E-state index >= 15 is 0 Å². The Morgan fingerprint density at radius 3 is 2.67 bits per heavy atom. The zero-order valence-electron chi connectivity index (χ0n) is 12.1. The van der Waals surface area contributed by atoms with Gasteiger partial charge in [0, 0.05) is 0 Å². The number of carbonyl (C=O) groups is 1. The Hall–Kier alpha value is -2.35. The first-order valence-electron chi connectivity index (χ1n) is 6.23. The van der Waals surface area contributed by atoms with Gasteiger partial charge in [0.25, 0.3) is 0 Å². The summed E-state index contributed by atoms with van der Waals surface area (Å²) in [4.78, 5) is 22.0. The van der Waals surface area contributed by atoms with Crippen molar-refractivity contribution in [2.45, 2.75) is 19.4 Å². The van der Waals surface area contributed by atoms with Gasteiger partial charge in [0.1, 0.15) is 17.9 Å². The highest BCUT2D eigenvalue weighted by Gasteiger charge is 2.32. The lowest BCUT2D eigenvalue weighted by Crippen LogP contribution is -2.51. The van der Waals surface area contributed by atoms with E-state index in [-0.39, 0.29) is 24.7 Å². The normalized spacial score (nSPS) is 13.1. The average Bonchev–Trinajstić information content (AvgIpc) is 2.45. The molecule has 1 aromatic rings. The van der Waals surface area contributed by atoms with E-state index in [0.29, 0.717) is 5.75 Å². The quantitative estimate of drug-likeness (QED) is 0.458. The van der Waals surface area contributed by atoms with Crippen LogP contribution in [-0.4, -0.2) is 36.8 Å². The molecular formula is C13H18N2O6. The summed E-state index contributed by atoms with van der Waals surface area (Å²) in [7, 11) is 1.40. The summed E-state index contributed by atoms with van der Waals surface area (Å²) in [5, 5.41) is 11.0. The molecule has 0 saturated heterocycles. The van der Waals surface area contributed by atoms with Crippen LogP contribution in [0.4, 0.5) is 5.69 Å². The molecule has 8 nitrogen and oxygen atoms in total. The standard InChI is InChI=1S/C13H18N2O6/c1-4-20-12(16)13(2,14)8-21-11-6-5-9(19-3)7-10(11)15(17)18/h5-7H,4,8,14H2,1-3H3. The number of nitrogens with two attached hydrogens (primary N) is 1. The van der Waals surface area contributed by atoms with Gasteiger partial charge < -0.3 is 19.9 Å². The summed E-state index contributed by atoms with van der Waals surface area (Å²) < 4.78 is 15.0. The van der Waals surface area contributed by atoms with E-state index in [9.17, 15) is 14.9 Å². The minimum absolute atomic E-state index is 0.00164. The lowest BCUT2D eigenvalue weighted by molar-refractivity contribution is -0.386. The van der Waals surface area contributed by atoms with Gasteiger partial charge in [0.15, 0.2) is 5.75 Å². The summed E-state index contributed by atoms with van der Waals surface area (Å²) in [5.74, 6) is -0.308. The number of methoxy groups -OCH3 is 1. The zero-order valence-corrected chi connectivity index (χ0v) is 12.1. The molecule has 8 heteroatoms. The Bertz CT molecular complexity index is 529. The van der Waals surface area contributed by atoms with Crippen molar-refractivity contribution in [3.8, 4) is 11.5 Å². The van der Waals surface area contributed by atoms with Gasteiger partial charge in [-0.2, -0.15) is 0 Å². The summed E-state index contributed by atoms with van der Waals surface area (Å²) in [6, 6.07) is 4.13. The molecule has 0 amide bonds. The Labute approximate surface area is 121 Å². The number of esters is 1. The molecule has 1 unspecified atom stereocenters. The molecule has 0 radical (unpaired) electrons. The lowest BCUT2D eigenvalue weighted by Gasteiger charge is -2.22. The highest BCUT2D eigenvalue weighted by Crippen LogP contribution is 2.31. The van der Waals surface area contributed by atoms with E-state index < -0.39 is 16.4 Å². The second-order valence-electron chi connectivity index (χ2n) is 4.52. The topological polar surface area (TPSA) is 114 Å². The van der Waals surface area contributed by atoms with Gasteiger partial charge in [-0.05, 0) is 26.0 Å². The highest BCUT2D eigenvalue weighted by atomic mass is 16.6. The monoisotopic (exact) mass is 298 g/mol. The Balaban J connectivity index is 2.88. The van der Waals surface area contributed by atoms with Crippen molar-refractivity contribution in [1.29, 1.82) is 0 Å². The van der Waals surface area contributed by atoms with E-state index in [1.807, 2.05) is 0 Å². The molecule has 0 aliphatic heterocycles. The van der Waals surface area contributed by atoms with Crippen LogP contribution in [0, 0.1) is 10.1 Å². The third-order valence-electron chi connectivity index (χ3n) is 2.63. The molecule has 0 aliphatic carbocycles. The number of hydrogen-bond acceptors (Lipinski definition) is 7. The van der Waals surface area contributed by atoms with Crippen molar-refractivity contribution >= 4 is 11.7 Å². The Morgan fingerprint density at radius 1 is 1.48 bits per heavy atom. The third kappa shape index (κ3) is 4.32. The van der Waals surface area contributed by atoms with Crippen LogP contribution < -0.4 is 15.2 Å². The van der Waals surface area contributed by atoms with Crippen LogP contribution in [0.25, 0.3) is 0 Å². The second-order valence-corrected chi connectivity index (χ2v) is 4.52. The van der Waals surface area contributed by atoms with Crippen LogP contribution in [0.3, 0.4) is 0 Å². The van der Waals surface area contributed by atoms with Crippen LogP contribution in [0.1, 0.15) is 13.8 Å². The van der Waals surface area contributed by atoms with Crippen LogP contribution >= 0.6 is 0 Å². The fourth-order valence-electron chi connectivity index (χ4n) is 1.47. The van der Waals surface area contributed by atoms with Crippen LogP contribution in [-0.2, 0) is 9.53 Å². The second kappa shape index (κ2) is 6.89. The number of nitro benzene ring substituents is 1. The summed E-state index contributed by atoms with van der Waals surface area (Å²) >= 11 is 0. The van der Waals surface area contributed by atoms with Gasteiger partial charge in [-0.1, -0.05) is 0 Å². The van der Waals surface area contributed by atoms with Gasteiger partial charge in [-0.3, -0.25) is 10.1 Å². The lowest BCUT2D eigenvalue weighted by atomic mass is 10.1. The summed E-state index contributed by atoms with van der Waals surface area (Å²) in [5.41, 5.74) is 4.11. The number of benzene rings is 1. The van der Waals surface area contributed by atoms with Gasteiger partial charge >= 0.3 is 11.7 Å². The maximum absolute atomic E-state index is 11.6. The van der Waals surface area contributed by atoms with Gasteiger partial charge in [0.05, 0.1) is 24.7 Å². The maximum atomic E-state index is 11.6. The molecule has 0 aliphatic rings. The fourth-order valence-corrected chi connectivity index (χ4v) is 1.47.